The monoisotopic (exact) mass is 417 g/mol. The Morgan fingerprint density at radius 3 is 2.73 bits per heavy atom. The first-order valence-corrected chi connectivity index (χ1v) is 11.0. The van der Waals surface area contributed by atoms with Crippen LogP contribution in [0, 0.1) is 0 Å². The molecule has 2 N–H and O–H groups in total. The maximum atomic E-state index is 4.39. The van der Waals surface area contributed by atoms with E-state index in [2.05, 4.69) is 86.6 Å². The molecule has 5 nitrogen and oxygen atoms in total. The number of nitrogens with one attached hydrogen (secondary N) is 2. The van der Waals surface area contributed by atoms with Gasteiger partial charge in [-0.2, -0.15) is 5.10 Å². The molecule has 2 aromatic carbocycles. The lowest BCUT2D eigenvalue weighted by molar-refractivity contribution is 0.819. The van der Waals surface area contributed by atoms with E-state index in [1.807, 2.05) is 27.3 Å². The van der Waals surface area contributed by atoms with Gasteiger partial charge in [0.05, 0.1) is 12.2 Å². The van der Waals surface area contributed by atoms with Crippen molar-refractivity contribution in [1.29, 1.82) is 0 Å². The molecule has 2 heterocycles. The molecule has 0 bridgehead atoms. The molecule has 2 aromatic heterocycles. The smallest absolute Gasteiger partial charge is 0.157 e. The molecule has 0 aliphatic heterocycles. The van der Waals surface area contributed by atoms with Gasteiger partial charge in [0.25, 0.3) is 0 Å². The van der Waals surface area contributed by atoms with Crippen molar-refractivity contribution in [1.82, 2.24) is 15.5 Å². The zero-order valence-corrected chi connectivity index (χ0v) is 18.6. The first-order valence-electron chi connectivity index (χ1n) is 10.1. The molecular weight excluding hydrogens is 390 g/mol. The average Bonchev–Trinajstić information content (AvgIpc) is 3.24. The summed E-state index contributed by atoms with van der Waals surface area (Å²) in [6.07, 6.45) is 1.81. The third kappa shape index (κ3) is 4.15. The Labute approximate surface area is 181 Å². The molecule has 0 fully saturated rings. The summed E-state index contributed by atoms with van der Waals surface area (Å²) in [5.74, 6) is 0.814. The Balaban J connectivity index is 1.61. The molecule has 4 aromatic rings. The number of benzene rings is 2. The van der Waals surface area contributed by atoms with Crippen molar-refractivity contribution in [2.45, 2.75) is 19.5 Å². The number of fused-ring (bicyclic) bond motifs is 1. The molecule has 30 heavy (non-hydrogen) atoms. The molecule has 0 saturated carbocycles. The van der Waals surface area contributed by atoms with Gasteiger partial charge in [-0.1, -0.05) is 30.3 Å². The number of hydrogen-bond donors (Lipinski definition) is 2. The molecule has 0 amide bonds. The summed E-state index contributed by atoms with van der Waals surface area (Å²) >= 11 is 1.77. The molecular formula is C24H27N5S. The molecule has 154 valence electrons. The number of rotatable bonds is 7. The van der Waals surface area contributed by atoms with Crippen LogP contribution in [-0.2, 0) is 6.54 Å². The summed E-state index contributed by atoms with van der Waals surface area (Å²) < 4.78 is 0. The van der Waals surface area contributed by atoms with E-state index in [4.69, 9.17) is 0 Å². The number of nitrogens with zero attached hydrogens (tertiary/aromatic N) is 3. The van der Waals surface area contributed by atoms with Crippen molar-refractivity contribution in [2.75, 3.05) is 31.4 Å². The maximum Gasteiger partial charge on any atom is 0.157 e. The van der Waals surface area contributed by atoms with Crippen LogP contribution in [0.3, 0.4) is 0 Å². The summed E-state index contributed by atoms with van der Waals surface area (Å²) in [6.45, 7) is 3.03. The van der Waals surface area contributed by atoms with Crippen LogP contribution < -0.4 is 15.5 Å². The van der Waals surface area contributed by atoms with E-state index in [-0.39, 0.29) is 6.04 Å². The van der Waals surface area contributed by atoms with E-state index < -0.39 is 0 Å². The highest BCUT2D eigenvalue weighted by atomic mass is 32.1. The molecule has 0 saturated heterocycles. The van der Waals surface area contributed by atoms with E-state index in [1.165, 1.54) is 21.6 Å². The van der Waals surface area contributed by atoms with Gasteiger partial charge in [0.15, 0.2) is 5.82 Å². The van der Waals surface area contributed by atoms with Crippen molar-refractivity contribution in [3.63, 3.8) is 0 Å². The molecule has 6 heteroatoms. The minimum absolute atomic E-state index is 0.128. The number of thiophene rings is 1. The summed E-state index contributed by atoms with van der Waals surface area (Å²) in [6, 6.07) is 17.3. The van der Waals surface area contributed by atoms with Crippen LogP contribution in [0.4, 0.5) is 11.5 Å². The SMILES string of the molecule is CNCc1ccccc1-c1csc([C@@H](C)Nc2nncc3ccc(N(C)C)cc23)c1. The van der Waals surface area contributed by atoms with E-state index >= 15 is 0 Å². The van der Waals surface area contributed by atoms with E-state index in [0.717, 1.165) is 28.8 Å². The number of hydrogen-bond acceptors (Lipinski definition) is 6. The predicted octanol–water partition coefficient (Wildman–Crippen LogP) is 5.32. The van der Waals surface area contributed by atoms with Crippen molar-refractivity contribution in [3.05, 3.63) is 70.5 Å². The molecule has 4 rings (SSSR count). The highest BCUT2D eigenvalue weighted by Crippen LogP contribution is 2.34. The molecule has 0 spiro atoms. The zero-order chi connectivity index (χ0) is 21.1. The Morgan fingerprint density at radius 1 is 1.10 bits per heavy atom. The standard InChI is InChI=1S/C24H27N5S/c1-16(23-11-19(15-30-23)21-8-6-5-7-17(21)13-25-2)27-24-22-12-20(29(3)4)10-9-18(22)14-26-28-24/h5-12,14-16,25H,13H2,1-4H3,(H,27,28)/t16-/m1/s1. The van der Waals surface area contributed by atoms with Crippen LogP contribution in [0.5, 0.6) is 0 Å². The Hall–Kier alpha value is -2.96. The molecule has 0 aliphatic carbocycles. The van der Waals surface area contributed by atoms with Crippen LogP contribution in [0.2, 0.25) is 0 Å². The lowest BCUT2D eigenvalue weighted by Crippen LogP contribution is -2.10. The van der Waals surface area contributed by atoms with E-state index in [0.29, 0.717) is 0 Å². The van der Waals surface area contributed by atoms with Gasteiger partial charge < -0.3 is 15.5 Å². The minimum Gasteiger partial charge on any atom is -0.378 e. The molecule has 0 radical (unpaired) electrons. The summed E-state index contributed by atoms with van der Waals surface area (Å²) in [5, 5.41) is 19.8. The van der Waals surface area contributed by atoms with Crippen LogP contribution >= 0.6 is 11.3 Å². The lowest BCUT2D eigenvalue weighted by atomic mass is 10.0. The van der Waals surface area contributed by atoms with Crippen LogP contribution in [-0.4, -0.2) is 31.3 Å². The van der Waals surface area contributed by atoms with Crippen LogP contribution in [0.15, 0.2) is 60.1 Å². The molecule has 1 atom stereocenters. The fraction of sp³-hybridized carbons (Fsp3) is 0.250. The largest absolute Gasteiger partial charge is 0.378 e. The van der Waals surface area contributed by atoms with Gasteiger partial charge in [0.1, 0.15) is 0 Å². The van der Waals surface area contributed by atoms with Gasteiger partial charge in [-0.05, 0) is 54.2 Å². The maximum absolute atomic E-state index is 4.39. The van der Waals surface area contributed by atoms with Gasteiger partial charge >= 0.3 is 0 Å². The predicted molar refractivity (Wildman–Crippen MR) is 128 cm³/mol. The third-order valence-corrected chi connectivity index (χ3v) is 6.37. The van der Waals surface area contributed by atoms with Crippen molar-refractivity contribution in [2.24, 2.45) is 0 Å². The van der Waals surface area contributed by atoms with Gasteiger partial charge in [-0.15, -0.1) is 16.4 Å². The second kappa shape index (κ2) is 8.81. The second-order valence-electron chi connectivity index (χ2n) is 7.65. The average molecular weight is 418 g/mol. The quantitative estimate of drug-likeness (QED) is 0.426. The third-order valence-electron chi connectivity index (χ3n) is 5.26. The first-order chi connectivity index (χ1) is 14.6. The van der Waals surface area contributed by atoms with Gasteiger partial charge in [-0.25, -0.2) is 0 Å². The summed E-state index contributed by atoms with van der Waals surface area (Å²) in [5.41, 5.74) is 4.99. The first kappa shape index (κ1) is 20.3. The molecule has 0 unspecified atom stereocenters. The number of anilines is 2. The topological polar surface area (TPSA) is 53.1 Å². The zero-order valence-electron chi connectivity index (χ0n) is 17.8. The summed E-state index contributed by atoms with van der Waals surface area (Å²) in [7, 11) is 6.07. The van der Waals surface area contributed by atoms with Crippen molar-refractivity contribution >= 4 is 33.6 Å². The van der Waals surface area contributed by atoms with Gasteiger partial charge in [0, 0.05) is 42.0 Å². The highest BCUT2D eigenvalue weighted by Gasteiger charge is 2.14. The Kier molecular flexibility index (Phi) is 5.97. The Bertz CT molecular complexity index is 1150. The Morgan fingerprint density at radius 2 is 1.93 bits per heavy atom. The highest BCUT2D eigenvalue weighted by molar-refractivity contribution is 7.10. The normalized spacial score (nSPS) is 12.1. The fourth-order valence-corrected chi connectivity index (χ4v) is 4.51. The van der Waals surface area contributed by atoms with Crippen LogP contribution in [0.1, 0.15) is 23.4 Å². The minimum atomic E-state index is 0.128. The van der Waals surface area contributed by atoms with E-state index in [9.17, 15) is 0 Å². The molecule has 0 aliphatic rings. The van der Waals surface area contributed by atoms with Crippen LogP contribution in [0.25, 0.3) is 21.9 Å². The van der Waals surface area contributed by atoms with Crippen molar-refractivity contribution < 1.29 is 0 Å². The van der Waals surface area contributed by atoms with Crippen molar-refractivity contribution in [3.8, 4) is 11.1 Å². The van der Waals surface area contributed by atoms with Gasteiger partial charge in [0.2, 0.25) is 0 Å². The lowest BCUT2D eigenvalue weighted by Gasteiger charge is -2.16. The number of aromatic nitrogens is 2. The fourth-order valence-electron chi connectivity index (χ4n) is 3.59. The van der Waals surface area contributed by atoms with E-state index in [1.54, 1.807) is 11.3 Å². The second-order valence-corrected chi connectivity index (χ2v) is 8.59. The summed E-state index contributed by atoms with van der Waals surface area (Å²) in [4.78, 5) is 3.37. The van der Waals surface area contributed by atoms with Gasteiger partial charge in [-0.3, -0.25) is 0 Å².